The van der Waals surface area contributed by atoms with E-state index in [1.54, 1.807) is 11.3 Å². The predicted octanol–water partition coefficient (Wildman–Crippen LogP) is 3.06. The van der Waals surface area contributed by atoms with E-state index in [2.05, 4.69) is 50.1 Å². The largest absolute Gasteiger partial charge is 0.312 e. The molecule has 1 heterocycles. The van der Waals surface area contributed by atoms with Gasteiger partial charge in [-0.2, -0.15) is 0 Å². The Balaban J connectivity index is 2.25. The van der Waals surface area contributed by atoms with Gasteiger partial charge in [-0.1, -0.05) is 13.8 Å². The zero-order chi connectivity index (χ0) is 12.9. The SMILES string of the molecule is CC(C)Cc1nnc(CCCNC(C)(C)C)s1. The van der Waals surface area contributed by atoms with Crippen molar-refractivity contribution in [3.63, 3.8) is 0 Å². The van der Waals surface area contributed by atoms with Crippen LogP contribution in [0.15, 0.2) is 0 Å². The minimum atomic E-state index is 0.212. The fourth-order valence-corrected chi connectivity index (χ4v) is 2.62. The van der Waals surface area contributed by atoms with Gasteiger partial charge in [0.05, 0.1) is 0 Å². The summed E-state index contributed by atoms with van der Waals surface area (Å²) in [6.07, 6.45) is 3.23. The number of rotatable bonds is 6. The van der Waals surface area contributed by atoms with Crippen LogP contribution in [0.4, 0.5) is 0 Å². The molecule has 0 aliphatic rings. The second-order valence-corrected chi connectivity index (χ2v) is 7.11. The van der Waals surface area contributed by atoms with Gasteiger partial charge >= 0.3 is 0 Å². The lowest BCUT2D eigenvalue weighted by atomic mass is 10.1. The second kappa shape index (κ2) is 6.45. The van der Waals surface area contributed by atoms with E-state index >= 15 is 0 Å². The molecule has 0 bridgehead atoms. The molecular formula is C13H25N3S. The van der Waals surface area contributed by atoms with Crippen LogP contribution in [0, 0.1) is 5.92 Å². The first-order valence-corrected chi connectivity index (χ1v) is 7.25. The third kappa shape index (κ3) is 6.74. The lowest BCUT2D eigenvalue weighted by Crippen LogP contribution is -2.36. The van der Waals surface area contributed by atoms with Gasteiger partial charge in [0.25, 0.3) is 0 Å². The minimum absolute atomic E-state index is 0.212. The Morgan fingerprint density at radius 1 is 1.18 bits per heavy atom. The highest BCUT2D eigenvalue weighted by atomic mass is 32.1. The van der Waals surface area contributed by atoms with Gasteiger partial charge in [0.1, 0.15) is 10.0 Å². The summed E-state index contributed by atoms with van der Waals surface area (Å²) in [6, 6.07) is 0. The Labute approximate surface area is 109 Å². The standard InChI is InChI=1S/C13H25N3S/c1-10(2)9-12-16-15-11(17-12)7-6-8-14-13(3,4)5/h10,14H,6-9H2,1-5H3. The maximum atomic E-state index is 4.24. The van der Waals surface area contributed by atoms with Crippen LogP contribution in [-0.4, -0.2) is 22.3 Å². The number of aryl methyl sites for hydroxylation is 1. The normalized spacial score (nSPS) is 12.4. The molecular weight excluding hydrogens is 230 g/mol. The molecule has 0 spiro atoms. The third-order valence-corrected chi connectivity index (χ3v) is 3.32. The number of nitrogens with zero attached hydrogens (tertiary/aromatic N) is 2. The van der Waals surface area contributed by atoms with Crippen LogP contribution in [0.5, 0.6) is 0 Å². The molecule has 17 heavy (non-hydrogen) atoms. The van der Waals surface area contributed by atoms with Crippen molar-refractivity contribution in [2.24, 2.45) is 5.92 Å². The maximum Gasteiger partial charge on any atom is 0.117 e. The van der Waals surface area contributed by atoms with Crippen LogP contribution >= 0.6 is 11.3 Å². The van der Waals surface area contributed by atoms with Crippen molar-refractivity contribution in [1.29, 1.82) is 0 Å². The fourth-order valence-electron chi connectivity index (χ4n) is 1.52. The fraction of sp³-hybridized carbons (Fsp3) is 0.846. The number of hydrogen-bond donors (Lipinski definition) is 1. The first-order valence-electron chi connectivity index (χ1n) is 6.43. The number of aromatic nitrogens is 2. The van der Waals surface area contributed by atoms with Crippen molar-refractivity contribution >= 4 is 11.3 Å². The molecule has 1 aromatic heterocycles. The molecule has 0 aliphatic heterocycles. The van der Waals surface area contributed by atoms with Gasteiger partial charge in [0.15, 0.2) is 0 Å². The molecule has 3 nitrogen and oxygen atoms in total. The summed E-state index contributed by atoms with van der Waals surface area (Å²) in [7, 11) is 0. The molecule has 1 aromatic rings. The van der Waals surface area contributed by atoms with E-state index in [0.717, 1.165) is 25.8 Å². The lowest BCUT2D eigenvalue weighted by Gasteiger charge is -2.20. The zero-order valence-corrected chi connectivity index (χ0v) is 12.5. The highest BCUT2D eigenvalue weighted by Crippen LogP contribution is 2.15. The molecule has 0 radical (unpaired) electrons. The van der Waals surface area contributed by atoms with Crippen molar-refractivity contribution in [3.05, 3.63) is 10.0 Å². The van der Waals surface area contributed by atoms with Crippen LogP contribution in [0.3, 0.4) is 0 Å². The molecule has 0 aliphatic carbocycles. The quantitative estimate of drug-likeness (QED) is 0.794. The molecule has 0 unspecified atom stereocenters. The van der Waals surface area contributed by atoms with Gasteiger partial charge in [-0.05, 0) is 39.7 Å². The van der Waals surface area contributed by atoms with E-state index in [9.17, 15) is 0 Å². The Morgan fingerprint density at radius 3 is 2.41 bits per heavy atom. The highest BCUT2D eigenvalue weighted by molar-refractivity contribution is 7.11. The van der Waals surface area contributed by atoms with E-state index in [1.165, 1.54) is 10.0 Å². The number of hydrogen-bond acceptors (Lipinski definition) is 4. The Bertz CT molecular complexity index is 326. The molecule has 0 saturated carbocycles. The topological polar surface area (TPSA) is 37.8 Å². The van der Waals surface area contributed by atoms with E-state index < -0.39 is 0 Å². The predicted molar refractivity (Wildman–Crippen MR) is 74.5 cm³/mol. The van der Waals surface area contributed by atoms with Crippen LogP contribution in [0.25, 0.3) is 0 Å². The number of nitrogens with one attached hydrogen (secondary N) is 1. The summed E-state index contributed by atoms with van der Waals surface area (Å²) < 4.78 is 0. The summed E-state index contributed by atoms with van der Waals surface area (Å²) in [4.78, 5) is 0. The molecule has 0 aromatic carbocycles. The summed E-state index contributed by atoms with van der Waals surface area (Å²) in [5, 5.41) is 14.3. The monoisotopic (exact) mass is 255 g/mol. The van der Waals surface area contributed by atoms with Gasteiger partial charge < -0.3 is 5.32 Å². The van der Waals surface area contributed by atoms with Gasteiger partial charge in [-0.15, -0.1) is 21.5 Å². The van der Waals surface area contributed by atoms with E-state index in [-0.39, 0.29) is 5.54 Å². The van der Waals surface area contributed by atoms with E-state index in [4.69, 9.17) is 0 Å². The third-order valence-electron chi connectivity index (χ3n) is 2.31. The van der Waals surface area contributed by atoms with Crippen LogP contribution in [0.1, 0.15) is 51.1 Å². The van der Waals surface area contributed by atoms with Gasteiger partial charge in [0.2, 0.25) is 0 Å². The summed E-state index contributed by atoms with van der Waals surface area (Å²) >= 11 is 1.77. The van der Waals surface area contributed by atoms with Gasteiger partial charge in [-0.3, -0.25) is 0 Å². The average Bonchev–Trinajstić information content (AvgIpc) is 2.58. The Hall–Kier alpha value is -0.480. The van der Waals surface area contributed by atoms with Crippen LogP contribution in [0.2, 0.25) is 0 Å². The smallest absolute Gasteiger partial charge is 0.117 e. The zero-order valence-electron chi connectivity index (χ0n) is 11.7. The van der Waals surface area contributed by atoms with Crippen LogP contribution < -0.4 is 5.32 Å². The summed E-state index contributed by atoms with van der Waals surface area (Å²) in [6.45, 7) is 12.1. The van der Waals surface area contributed by atoms with Gasteiger partial charge in [-0.25, -0.2) is 0 Å². The van der Waals surface area contributed by atoms with Crippen molar-refractivity contribution in [2.75, 3.05) is 6.54 Å². The molecule has 0 saturated heterocycles. The van der Waals surface area contributed by atoms with Gasteiger partial charge in [0, 0.05) is 18.4 Å². The highest BCUT2D eigenvalue weighted by Gasteiger charge is 2.09. The molecule has 4 heteroatoms. The molecule has 1 N–H and O–H groups in total. The van der Waals surface area contributed by atoms with Crippen molar-refractivity contribution in [1.82, 2.24) is 15.5 Å². The Kier molecular flexibility index (Phi) is 5.53. The summed E-state index contributed by atoms with van der Waals surface area (Å²) in [5.74, 6) is 0.665. The molecule has 98 valence electrons. The Morgan fingerprint density at radius 2 is 1.82 bits per heavy atom. The second-order valence-electron chi connectivity index (χ2n) is 5.97. The molecule has 1 rings (SSSR count). The van der Waals surface area contributed by atoms with Crippen molar-refractivity contribution in [2.45, 2.75) is 59.4 Å². The average molecular weight is 255 g/mol. The van der Waals surface area contributed by atoms with Crippen molar-refractivity contribution < 1.29 is 0 Å². The van der Waals surface area contributed by atoms with E-state index in [0.29, 0.717) is 5.92 Å². The minimum Gasteiger partial charge on any atom is -0.312 e. The maximum absolute atomic E-state index is 4.24. The van der Waals surface area contributed by atoms with Crippen LogP contribution in [-0.2, 0) is 12.8 Å². The molecule has 0 atom stereocenters. The lowest BCUT2D eigenvalue weighted by molar-refractivity contribution is 0.422. The molecule has 0 amide bonds. The molecule has 0 fully saturated rings. The van der Waals surface area contributed by atoms with E-state index in [1.807, 2.05) is 0 Å². The summed E-state index contributed by atoms with van der Waals surface area (Å²) in [5.41, 5.74) is 0.212. The first-order chi connectivity index (χ1) is 7.87. The first kappa shape index (κ1) is 14.6. The van der Waals surface area contributed by atoms with Crippen molar-refractivity contribution in [3.8, 4) is 0 Å².